The Morgan fingerprint density at radius 1 is 1.75 bits per heavy atom. The van der Waals surface area contributed by atoms with Crippen LogP contribution in [0, 0.1) is 0 Å². The summed E-state index contributed by atoms with van der Waals surface area (Å²) >= 11 is 0. The van der Waals surface area contributed by atoms with E-state index in [9.17, 15) is 0 Å². The van der Waals surface area contributed by atoms with Gasteiger partial charge in [0.1, 0.15) is 6.23 Å². The fraction of sp³-hybridized carbons (Fsp3) is 1.00. The summed E-state index contributed by atoms with van der Waals surface area (Å²) in [6.07, 6.45) is -0.194. The Labute approximate surface area is 49.7 Å². The van der Waals surface area contributed by atoms with Crippen LogP contribution >= 0.6 is 0 Å². The quantitative estimate of drug-likeness (QED) is 0.493. The van der Waals surface area contributed by atoms with Crippen LogP contribution in [0.15, 0.2) is 0 Å². The molecule has 0 aliphatic heterocycles. The number of rotatable bonds is 4. The molecule has 0 aromatic carbocycles. The normalized spacial score (nSPS) is 13.9. The third kappa shape index (κ3) is 2.96. The third-order valence-corrected chi connectivity index (χ3v) is 0.856. The van der Waals surface area contributed by atoms with Crippen molar-refractivity contribution in [2.24, 2.45) is 0 Å². The van der Waals surface area contributed by atoms with Crippen LogP contribution in [0.5, 0.6) is 0 Å². The maximum atomic E-state index is 8.47. The molecule has 1 unspecified atom stereocenters. The zero-order chi connectivity index (χ0) is 6.41. The van der Waals surface area contributed by atoms with Crippen molar-refractivity contribution in [3.8, 4) is 0 Å². The van der Waals surface area contributed by atoms with E-state index in [1.165, 1.54) is 0 Å². The summed E-state index contributed by atoms with van der Waals surface area (Å²) in [6.45, 7) is 2.55. The van der Waals surface area contributed by atoms with Gasteiger partial charge in [-0.1, -0.05) is 0 Å². The second kappa shape index (κ2) is 5.03. The van der Waals surface area contributed by atoms with Crippen LogP contribution in [-0.2, 0) is 4.74 Å². The van der Waals surface area contributed by atoms with Gasteiger partial charge in [-0.15, -0.1) is 0 Å². The molecule has 50 valence electrons. The van der Waals surface area contributed by atoms with Gasteiger partial charge in [0.05, 0.1) is 6.61 Å². The number of nitrogens with one attached hydrogen (secondary N) is 1. The molecule has 0 bridgehead atoms. The molecule has 0 fully saturated rings. The van der Waals surface area contributed by atoms with E-state index in [4.69, 9.17) is 9.84 Å². The van der Waals surface area contributed by atoms with Crippen molar-refractivity contribution in [2.45, 2.75) is 13.2 Å². The van der Waals surface area contributed by atoms with Crippen LogP contribution in [0.1, 0.15) is 6.92 Å². The largest absolute Gasteiger partial charge is 0.392 e. The zero-order valence-electron chi connectivity index (χ0n) is 5.35. The maximum absolute atomic E-state index is 8.47. The van der Waals surface area contributed by atoms with E-state index in [-0.39, 0.29) is 12.8 Å². The van der Waals surface area contributed by atoms with Crippen molar-refractivity contribution in [1.82, 2.24) is 5.32 Å². The summed E-state index contributed by atoms with van der Waals surface area (Å²) in [6, 6.07) is 0. The molecule has 0 saturated carbocycles. The van der Waals surface area contributed by atoms with Crippen LogP contribution < -0.4 is 5.32 Å². The lowest BCUT2D eigenvalue weighted by Gasteiger charge is -2.11. The smallest absolute Gasteiger partial charge is 0.131 e. The van der Waals surface area contributed by atoms with Gasteiger partial charge in [-0.2, -0.15) is 0 Å². The molecule has 0 aromatic rings. The molecule has 0 saturated heterocycles. The molecule has 0 spiro atoms. The Hall–Kier alpha value is -0.120. The molecular formula is C5H13NO2. The first-order chi connectivity index (χ1) is 3.85. The Morgan fingerprint density at radius 3 is 2.50 bits per heavy atom. The monoisotopic (exact) mass is 119 g/mol. The van der Waals surface area contributed by atoms with Gasteiger partial charge < -0.3 is 9.84 Å². The second-order valence-electron chi connectivity index (χ2n) is 1.42. The number of aliphatic hydroxyl groups excluding tert-OH is 1. The van der Waals surface area contributed by atoms with E-state index in [0.717, 1.165) is 0 Å². The number of hydrogen-bond acceptors (Lipinski definition) is 3. The van der Waals surface area contributed by atoms with Gasteiger partial charge in [0, 0.05) is 6.61 Å². The molecule has 0 aliphatic rings. The summed E-state index contributed by atoms with van der Waals surface area (Å²) in [7, 11) is 1.75. The van der Waals surface area contributed by atoms with E-state index in [0.29, 0.717) is 6.61 Å². The first-order valence-corrected chi connectivity index (χ1v) is 2.74. The summed E-state index contributed by atoms with van der Waals surface area (Å²) in [5.41, 5.74) is 0. The Balaban J connectivity index is 3.07. The lowest BCUT2D eigenvalue weighted by Crippen LogP contribution is -2.31. The molecule has 3 heteroatoms. The molecule has 0 radical (unpaired) electrons. The number of ether oxygens (including phenoxy) is 1. The number of aliphatic hydroxyl groups is 1. The first kappa shape index (κ1) is 7.88. The van der Waals surface area contributed by atoms with Crippen molar-refractivity contribution >= 4 is 0 Å². The second-order valence-corrected chi connectivity index (χ2v) is 1.42. The molecule has 8 heavy (non-hydrogen) atoms. The predicted octanol–water partition coefficient (Wildman–Crippen LogP) is -0.439. The molecule has 3 nitrogen and oxygen atoms in total. The lowest BCUT2D eigenvalue weighted by atomic mass is 10.6. The van der Waals surface area contributed by atoms with E-state index in [2.05, 4.69) is 5.32 Å². The van der Waals surface area contributed by atoms with E-state index < -0.39 is 0 Å². The summed E-state index contributed by atoms with van der Waals surface area (Å²) in [5, 5.41) is 11.3. The standard InChI is InChI=1S/C5H13NO2/c1-3-8-5(4-7)6-2/h5-7H,3-4H2,1-2H3. The molecule has 2 N–H and O–H groups in total. The zero-order valence-corrected chi connectivity index (χ0v) is 5.35. The van der Waals surface area contributed by atoms with Crippen LogP contribution in [0.4, 0.5) is 0 Å². The third-order valence-electron chi connectivity index (χ3n) is 0.856. The Morgan fingerprint density at radius 2 is 2.38 bits per heavy atom. The van der Waals surface area contributed by atoms with Crippen molar-refractivity contribution in [3.63, 3.8) is 0 Å². The SMILES string of the molecule is CCOC(CO)NC. The summed E-state index contributed by atoms with van der Waals surface area (Å²) < 4.78 is 4.98. The van der Waals surface area contributed by atoms with Crippen molar-refractivity contribution in [3.05, 3.63) is 0 Å². The highest BCUT2D eigenvalue weighted by atomic mass is 16.5. The van der Waals surface area contributed by atoms with E-state index in [1.54, 1.807) is 7.05 Å². The fourth-order valence-electron chi connectivity index (χ4n) is 0.429. The number of likely N-dealkylation sites (N-methyl/N-ethyl adjacent to an activating group) is 1. The minimum Gasteiger partial charge on any atom is -0.392 e. The van der Waals surface area contributed by atoms with Crippen LogP contribution in [0.3, 0.4) is 0 Å². The van der Waals surface area contributed by atoms with Crippen molar-refractivity contribution < 1.29 is 9.84 Å². The van der Waals surface area contributed by atoms with Gasteiger partial charge in [0.15, 0.2) is 0 Å². The number of hydrogen-bond donors (Lipinski definition) is 2. The molecular weight excluding hydrogens is 106 g/mol. The van der Waals surface area contributed by atoms with Gasteiger partial charge in [0.25, 0.3) is 0 Å². The Bertz CT molecular complexity index is 45.7. The molecule has 0 rings (SSSR count). The van der Waals surface area contributed by atoms with Crippen molar-refractivity contribution in [2.75, 3.05) is 20.3 Å². The van der Waals surface area contributed by atoms with E-state index in [1.807, 2.05) is 6.92 Å². The highest BCUT2D eigenvalue weighted by Crippen LogP contribution is 1.81. The molecule has 0 amide bonds. The van der Waals surface area contributed by atoms with Gasteiger partial charge in [-0.05, 0) is 14.0 Å². The van der Waals surface area contributed by atoms with Gasteiger partial charge >= 0.3 is 0 Å². The summed E-state index contributed by atoms with van der Waals surface area (Å²) in [4.78, 5) is 0. The van der Waals surface area contributed by atoms with Crippen LogP contribution in [0.25, 0.3) is 0 Å². The minimum atomic E-state index is -0.194. The van der Waals surface area contributed by atoms with Gasteiger partial charge in [0.2, 0.25) is 0 Å². The van der Waals surface area contributed by atoms with Crippen LogP contribution in [-0.4, -0.2) is 31.6 Å². The molecule has 1 atom stereocenters. The highest BCUT2D eigenvalue weighted by molar-refractivity contribution is 4.44. The Kier molecular flexibility index (Phi) is 4.95. The highest BCUT2D eigenvalue weighted by Gasteiger charge is 1.98. The minimum absolute atomic E-state index is 0.0321. The molecule has 0 aliphatic carbocycles. The average molecular weight is 119 g/mol. The van der Waals surface area contributed by atoms with E-state index >= 15 is 0 Å². The van der Waals surface area contributed by atoms with Gasteiger partial charge in [-0.25, -0.2) is 0 Å². The fourth-order valence-corrected chi connectivity index (χ4v) is 0.429. The lowest BCUT2D eigenvalue weighted by molar-refractivity contribution is 0.00341. The topological polar surface area (TPSA) is 41.5 Å². The van der Waals surface area contributed by atoms with Gasteiger partial charge in [-0.3, -0.25) is 5.32 Å². The summed E-state index contributed by atoms with van der Waals surface area (Å²) in [5.74, 6) is 0. The average Bonchev–Trinajstić information content (AvgIpc) is 1.83. The first-order valence-electron chi connectivity index (χ1n) is 2.74. The van der Waals surface area contributed by atoms with Crippen LogP contribution in [0.2, 0.25) is 0 Å². The maximum Gasteiger partial charge on any atom is 0.131 e. The van der Waals surface area contributed by atoms with Crippen molar-refractivity contribution in [1.29, 1.82) is 0 Å². The predicted molar refractivity (Wildman–Crippen MR) is 31.6 cm³/mol. The molecule has 0 aromatic heterocycles. The molecule has 0 heterocycles.